The maximum Gasteiger partial charge on any atom is 0.225 e. The molecule has 2 aliphatic rings. The molecule has 1 aromatic heterocycles. The molecule has 138 valence electrons. The Morgan fingerprint density at radius 3 is 2.68 bits per heavy atom. The average Bonchev–Trinajstić information content (AvgIpc) is 2.62. The van der Waals surface area contributed by atoms with Crippen molar-refractivity contribution in [3.63, 3.8) is 0 Å². The quantitative estimate of drug-likeness (QED) is 0.913. The van der Waals surface area contributed by atoms with Gasteiger partial charge in [0.2, 0.25) is 5.91 Å². The number of amides is 1. The first kappa shape index (κ1) is 18.2. The maximum absolute atomic E-state index is 12.9. The maximum atomic E-state index is 12.9. The summed E-state index contributed by atoms with van der Waals surface area (Å²) in [4.78, 5) is 23.7. The Hall–Kier alpha value is -1.65. The van der Waals surface area contributed by atoms with Gasteiger partial charge in [-0.3, -0.25) is 9.78 Å². The van der Waals surface area contributed by atoms with Crippen molar-refractivity contribution in [1.29, 1.82) is 0 Å². The number of nitrogens with zero attached hydrogens (tertiary/aromatic N) is 3. The van der Waals surface area contributed by atoms with Crippen molar-refractivity contribution < 1.29 is 4.79 Å². The van der Waals surface area contributed by atoms with Gasteiger partial charge in [0.25, 0.3) is 0 Å². The Kier molecular flexibility index (Phi) is 5.60. The molecule has 1 amide bonds. The van der Waals surface area contributed by atoms with Crippen molar-refractivity contribution >= 4 is 11.7 Å². The van der Waals surface area contributed by atoms with Gasteiger partial charge >= 0.3 is 0 Å². The molecule has 0 spiro atoms. The van der Waals surface area contributed by atoms with Crippen molar-refractivity contribution in [2.45, 2.75) is 65.3 Å². The fraction of sp³-hybridized carbons (Fsp3) is 0.750. The van der Waals surface area contributed by atoms with E-state index in [0.29, 0.717) is 12.0 Å². The number of aromatic nitrogens is 2. The third-order valence-corrected chi connectivity index (χ3v) is 5.87. The lowest BCUT2D eigenvalue weighted by Crippen LogP contribution is -2.51. The molecule has 1 saturated heterocycles. The van der Waals surface area contributed by atoms with Gasteiger partial charge in [-0.1, -0.05) is 33.6 Å². The summed E-state index contributed by atoms with van der Waals surface area (Å²) in [5.41, 5.74) is 0.247. The largest absolute Gasteiger partial charge is 0.355 e. The molecule has 0 bridgehead atoms. The van der Waals surface area contributed by atoms with Crippen LogP contribution in [-0.4, -0.2) is 35.0 Å². The summed E-state index contributed by atoms with van der Waals surface area (Å²) < 4.78 is 0. The van der Waals surface area contributed by atoms with Crippen molar-refractivity contribution in [3.8, 4) is 0 Å². The van der Waals surface area contributed by atoms with E-state index in [4.69, 9.17) is 0 Å². The molecule has 25 heavy (non-hydrogen) atoms. The van der Waals surface area contributed by atoms with Gasteiger partial charge < -0.3 is 10.2 Å². The topological polar surface area (TPSA) is 58.1 Å². The summed E-state index contributed by atoms with van der Waals surface area (Å²) in [5, 5.41) is 3.42. The van der Waals surface area contributed by atoms with Crippen LogP contribution in [-0.2, 0) is 4.79 Å². The van der Waals surface area contributed by atoms with Gasteiger partial charge in [0.15, 0.2) is 0 Å². The first-order chi connectivity index (χ1) is 11.9. The van der Waals surface area contributed by atoms with Crippen molar-refractivity contribution in [3.05, 3.63) is 18.6 Å². The minimum absolute atomic E-state index is 0.0540. The summed E-state index contributed by atoms with van der Waals surface area (Å²) in [7, 11) is 0. The number of carbonyl (C=O) groups is 1. The highest BCUT2D eigenvalue weighted by Gasteiger charge is 2.36. The number of hydrogen-bond donors (Lipinski definition) is 1. The van der Waals surface area contributed by atoms with Crippen molar-refractivity contribution in [1.82, 2.24) is 15.3 Å². The van der Waals surface area contributed by atoms with Crippen LogP contribution in [0.4, 0.5) is 5.82 Å². The van der Waals surface area contributed by atoms with Gasteiger partial charge in [-0.15, -0.1) is 0 Å². The van der Waals surface area contributed by atoms with Gasteiger partial charge in [-0.05, 0) is 37.0 Å². The van der Waals surface area contributed by atoms with Crippen LogP contribution >= 0.6 is 0 Å². The molecule has 0 aromatic carbocycles. The summed E-state index contributed by atoms with van der Waals surface area (Å²) in [5.74, 6) is 1.74. The second-order valence-electron chi connectivity index (χ2n) is 8.72. The van der Waals surface area contributed by atoms with Gasteiger partial charge in [-0.25, -0.2) is 4.98 Å². The number of nitrogens with one attached hydrogen (secondary N) is 1. The Morgan fingerprint density at radius 2 is 1.96 bits per heavy atom. The minimum atomic E-state index is 0.0540. The zero-order chi connectivity index (χ0) is 17.9. The minimum Gasteiger partial charge on any atom is -0.355 e. The van der Waals surface area contributed by atoms with Crippen molar-refractivity contribution in [2.75, 3.05) is 18.0 Å². The van der Waals surface area contributed by atoms with Gasteiger partial charge in [0.05, 0.1) is 12.1 Å². The number of piperidine rings is 1. The van der Waals surface area contributed by atoms with Crippen LogP contribution in [0, 0.1) is 17.3 Å². The van der Waals surface area contributed by atoms with E-state index >= 15 is 0 Å². The first-order valence-electron chi connectivity index (χ1n) is 9.76. The van der Waals surface area contributed by atoms with E-state index in [2.05, 4.69) is 41.0 Å². The van der Waals surface area contributed by atoms with Crippen LogP contribution in [0.25, 0.3) is 0 Å². The monoisotopic (exact) mass is 344 g/mol. The molecular weight excluding hydrogens is 312 g/mol. The highest BCUT2D eigenvalue weighted by Crippen LogP contribution is 2.38. The summed E-state index contributed by atoms with van der Waals surface area (Å²) in [6.07, 6.45) is 12.1. The van der Waals surface area contributed by atoms with Crippen LogP contribution in [0.5, 0.6) is 0 Å². The molecule has 0 radical (unpaired) electrons. The fourth-order valence-electron chi connectivity index (χ4n) is 4.49. The number of rotatable bonds is 3. The molecule has 0 unspecified atom stereocenters. The van der Waals surface area contributed by atoms with E-state index in [1.54, 1.807) is 18.6 Å². The van der Waals surface area contributed by atoms with E-state index < -0.39 is 0 Å². The third-order valence-electron chi connectivity index (χ3n) is 5.87. The van der Waals surface area contributed by atoms with E-state index in [-0.39, 0.29) is 17.2 Å². The van der Waals surface area contributed by atoms with Crippen LogP contribution in [0.3, 0.4) is 0 Å². The fourth-order valence-corrected chi connectivity index (χ4v) is 4.49. The number of carbonyl (C=O) groups excluding carboxylic acids is 1. The average molecular weight is 345 g/mol. The van der Waals surface area contributed by atoms with Crippen molar-refractivity contribution in [2.24, 2.45) is 17.3 Å². The molecule has 3 rings (SSSR count). The van der Waals surface area contributed by atoms with Crippen LogP contribution in [0.1, 0.15) is 59.3 Å². The Morgan fingerprint density at radius 1 is 1.16 bits per heavy atom. The molecule has 1 saturated carbocycles. The lowest BCUT2D eigenvalue weighted by molar-refractivity contribution is -0.127. The molecule has 5 heteroatoms. The standard InChI is InChI=1S/C20H32N4O/c1-20(2,3)16-8-4-5-9-17(16)23-19(25)15-7-6-12-24(14-15)18-13-21-10-11-22-18/h10-11,13,15-17H,4-9,12,14H2,1-3H3,(H,23,25)/t15-,16+,17-/m0/s1. The van der Waals surface area contributed by atoms with Gasteiger partial charge in [-0.2, -0.15) is 0 Å². The van der Waals surface area contributed by atoms with E-state index in [1.165, 1.54) is 19.3 Å². The molecule has 5 nitrogen and oxygen atoms in total. The lowest BCUT2D eigenvalue weighted by atomic mass is 9.69. The molecule has 1 N–H and O–H groups in total. The lowest BCUT2D eigenvalue weighted by Gasteiger charge is -2.42. The van der Waals surface area contributed by atoms with E-state index in [9.17, 15) is 4.79 Å². The van der Waals surface area contributed by atoms with Crippen LogP contribution < -0.4 is 10.2 Å². The molecular formula is C20H32N4O. The molecule has 2 fully saturated rings. The summed E-state index contributed by atoms with van der Waals surface area (Å²) >= 11 is 0. The zero-order valence-electron chi connectivity index (χ0n) is 15.9. The molecule has 3 atom stereocenters. The Bertz CT molecular complexity index is 569. The van der Waals surface area contributed by atoms with E-state index in [0.717, 1.165) is 38.2 Å². The summed E-state index contributed by atoms with van der Waals surface area (Å²) in [6.45, 7) is 8.61. The van der Waals surface area contributed by atoms with Crippen LogP contribution in [0.2, 0.25) is 0 Å². The summed E-state index contributed by atoms with van der Waals surface area (Å²) in [6, 6.07) is 0.327. The SMILES string of the molecule is CC(C)(C)[C@@H]1CCCC[C@@H]1NC(=O)[C@H]1CCCN(c2cnccn2)C1. The predicted octanol–water partition coefficient (Wildman–Crippen LogP) is 3.41. The smallest absolute Gasteiger partial charge is 0.225 e. The second kappa shape index (κ2) is 7.71. The third kappa shape index (κ3) is 4.50. The molecule has 1 aliphatic carbocycles. The second-order valence-corrected chi connectivity index (χ2v) is 8.72. The number of hydrogen-bond acceptors (Lipinski definition) is 4. The molecule has 1 aliphatic heterocycles. The van der Waals surface area contributed by atoms with E-state index in [1.807, 2.05) is 0 Å². The predicted molar refractivity (Wildman–Crippen MR) is 100 cm³/mol. The molecule has 2 heterocycles. The van der Waals surface area contributed by atoms with Gasteiger partial charge in [0.1, 0.15) is 5.82 Å². The normalized spacial score (nSPS) is 27.8. The highest BCUT2D eigenvalue weighted by atomic mass is 16.2. The number of anilines is 1. The first-order valence-corrected chi connectivity index (χ1v) is 9.76. The Balaban J connectivity index is 1.62. The van der Waals surface area contributed by atoms with Crippen LogP contribution in [0.15, 0.2) is 18.6 Å². The van der Waals surface area contributed by atoms with Gasteiger partial charge in [0, 0.05) is 31.5 Å². The Labute approximate surface area is 151 Å². The highest BCUT2D eigenvalue weighted by molar-refractivity contribution is 5.80. The molecule has 1 aromatic rings. The zero-order valence-corrected chi connectivity index (χ0v) is 15.9.